The lowest BCUT2D eigenvalue weighted by Gasteiger charge is -2.47. The van der Waals surface area contributed by atoms with Gasteiger partial charge in [-0.1, -0.05) is 12.8 Å². The fourth-order valence-corrected chi connectivity index (χ4v) is 4.50. The van der Waals surface area contributed by atoms with Gasteiger partial charge in [-0.2, -0.15) is 0 Å². The Kier molecular flexibility index (Phi) is 6.25. The number of carbonyl (C=O) groups is 2. The molecule has 0 unspecified atom stereocenters. The van der Waals surface area contributed by atoms with Gasteiger partial charge in [0, 0.05) is 30.5 Å². The van der Waals surface area contributed by atoms with E-state index >= 15 is 0 Å². The number of primary amides is 1. The van der Waals surface area contributed by atoms with Crippen molar-refractivity contribution in [2.75, 3.05) is 13.1 Å². The Hall–Kier alpha value is -1.95. The second-order valence-corrected chi connectivity index (χ2v) is 7.35. The number of benzene rings is 1. The molecule has 1 saturated heterocycles. The molecule has 26 heavy (non-hydrogen) atoms. The molecule has 0 aromatic heterocycles. The number of piperidine rings is 1. The van der Waals surface area contributed by atoms with Gasteiger partial charge in [-0.05, 0) is 56.5 Å². The van der Waals surface area contributed by atoms with Crippen LogP contribution in [0.25, 0.3) is 0 Å². The summed E-state index contributed by atoms with van der Waals surface area (Å²) in [6.45, 7) is 1.72. The number of hydrogen-bond acceptors (Lipinski definition) is 4. The molecular weight excluding hydrogens is 335 g/mol. The lowest BCUT2D eigenvalue weighted by atomic mass is 9.76. The van der Waals surface area contributed by atoms with Crippen LogP contribution in [0.1, 0.15) is 55.3 Å². The predicted octanol–water partition coefficient (Wildman–Crippen LogP) is 3.52. The van der Waals surface area contributed by atoms with Gasteiger partial charge < -0.3 is 10.5 Å². The molecule has 3 atom stereocenters. The second-order valence-electron chi connectivity index (χ2n) is 7.35. The summed E-state index contributed by atoms with van der Waals surface area (Å²) in [4.78, 5) is 25.8. The Balaban J connectivity index is 1.52. The first-order valence-electron chi connectivity index (χ1n) is 9.53. The van der Waals surface area contributed by atoms with Gasteiger partial charge in [0.05, 0.1) is 0 Å². The second kappa shape index (κ2) is 8.62. The monoisotopic (exact) mass is 362 g/mol. The maximum Gasteiger partial charge on any atom is 0.404 e. The van der Waals surface area contributed by atoms with E-state index < -0.39 is 6.09 Å². The van der Waals surface area contributed by atoms with E-state index in [1.54, 1.807) is 12.1 Å². The van der Waals surface area contributed by atoms with Crippen molar-refractivity contribution in [3.63, 3.8) is 0 Å². The molecule has 0 spiro atoms. The quantitative estimate of drug-likeness (QED) is 0.786. The molecule has 6 heteroatoms. The van der Waals surface area contributed by atoms with E-state index in [1.165, 1.54) is 18.6 Å². The summed E-state index contributed by atoms with van der Waals surface area (Å²) in [5, 5.41) is 0. The summed E-state index contributed by atoms with van der Waals surface area (Å²) in [6.07, 6.45) is 5.81. The molecule has 2 aliphatic rings. The largest absolute Gasteiger partial charge is 0.446 e. The molecule has 5 nitrogen and oxygen atoms in total. The number of fused-ring (bicyclic) bond motifs is 1. The van der Waals surface area contributed by atoms with E-state index in [4.69, 9.17) is 10.5 Å². The Morgan fingerprint density at radius 2 is 1.88 bits per heavy atom. The van der Waals surface area contributed by atoms with Crippen molar-refractivity contribution < 1.29 is 18.7 Å². The van der Waals surface area contributed by atoms with Gasteiger partial charge in [-0.25, -0.2) is 9.18 Å². The van der Waals surface area contributed by atoms with E-state index in [-0.39, 0.29) is 17.7 Å². The highest BCUT2D eigenvalue weighted by molar-refractivity contribution is 5.95. The number of amides is 1. The summed E-state index contributed by atoms with van der Waals surface area (Å²) in [6, 6.07) is 6.14. The van der Waals surface area contributed by atoms with Crippen molar-refractivity contribution in [3.05, 3.63) is 35.6 Å². The van der Waals surface area contributed by atoms with Gasteiger partial charge in [0.1, 0.15) is 11.9 Å². The molecule has 1 aromatic rings. The summed E-state index contributed by atoms with van der Waals surface area (Å²) >= 11 is 0. The lowest BCUT2D eigenvalue weighted by Crippen LogP contribution is -2.54. The van der Waals surface area contributed by atoms with Crippen LogP contribution in [-0.2, 0) is 4.74 Å². The zero-order valence-electron chi connectivity index (χ0n) is 15.0. The minimum Gasteiger partial charge on any atom is -0.446 e. The topological polar surface area (TPSA) is 72.6 Å². The third-order valence-corrected chi connectivity index (χ3v) is 5.71. The fourth-order valence-electron chi connectivity index (χ4n) is 4.50. The zero-order valence-corrected chi connectivity index (χ0v) is 15.0. The van der Waals surface area contributed by atoms with Crippen LogP contribution in [0, 0.1) is 11.7 Å². The SMILES string of the molecule is NC(=O)O[C@@H]1CCN(CCCC(=O)c2ccc(F)cc2)[C@@H]2CCCC[C@H]21. The number of nitrogens with zero attached hydrogens (tertiary/aromatic N) is 1. The third kappa shape index (κ3) is 4.61. The van der Waals surface area contributed by atoms with Crippen LogP contribution in [0.5, 0.6) is 0 Å². The first kappa shape index (κ1) is 18.8. The van der Waals surface area contributed by atoms with Gasteiger partial charge in [-0.15, -0.1) is 0 Å². The summed E-state index contributed by atoms with van der Waals surface area (Å²) in [7, 11) is 0. The maximum atomic E-state index is 13.0. The van der Waals surface area contributed by atoms with Gasteiger partial charge in [0.2, 0.25) is 0 Å². The van der Waals surface area contributed by atoms with Gasteiger partial charge in [0.15, 0.2) is 5.78 Å². The van der Waals surface area contributed by atoms with Crippen LogP contribution < -0.4 is 5.73 Å². The number of Topliss-reactive ketones (excluding diaryl/α,β-unsaturated/α-hetero) is 1. The maximum absolute atomic E-state index is 13.0. The van der Waals surface area contributed by atoms with Crippen molar-refractivity contribution in [3.8, 4) is 0 Å². The van der Waals surface area contributed by atoms with E-state index in [9.17, 15) is 14.0 Å². The number of rotatable bonds is 6. The van der Waals surface area contributed by atoms with Crippen LogP contribution in [0.15, 0.2) is 24.3 Å². The molecule has 1 saturated carbocycles. The van der Waals surface area contributed by atoms with Gasteiger partial charge >= 0.3 is 6.09 Å². The van der Waals surface area contributed by atoms with Crippen LogP contribution in [-0.4, -0.2) is 42.0 Å². The predicted molar refractivity (Wildman–Crippen MR) is 96.4 cm³/mol. The molecule has 2 N–H and O–H groups in total. The molecule has 1 aliphatic carbocycles. The average Bonchev–Trinajstić information content (AvgIpc) is 2.63. The van der Waals surface area contributed by atoms with Gasteiger partial charge in [0.25, 0.3) is 0 Å². The number of carbonyl (C=O) groups excluding carboxylic acids is 2. The Bertz CT molecular complexity index is 634. The van der Waals surface area contributed by atoms with Crippen molar-refractivity contribution in [2.45, 2.75) is 57.1 Å². The molecule has 142 valence electrons. The number of ether oxygens (including phenoxy) is 1. The van der Waals surface area contributed by atoms with Crippen LogP contribution in [0.3, 0.4) is 0 Å². The number of nitrogens with two attached hydrogens (primary N) is 1. The standard InChI is InChI=1S/C20H27FN2O3/c21-15-9-7-14(8-10-15)18(24)6-3-12-23-13-11-19(26-20(22)25)16-4-1-2-5-17(16)23/h7-10,16-17,19H,1-6,11-13H2,(H2,22,25)/t16-,17-,19-/m1/s1. The fraction of sp³-hybridized carbons (Fsp3) is 0.600. The minimum atomic E-state index is -0.683. The number of ketones is 1. The Morgan fingerprint density at radius 1 is 1.15 bits per heavy atom. The lowest BCUT2D eigenvalue weighted by molar-refractivity contribution is -0.0416. The van der Waals surface area contributed by atoms with Crippen LogP contribution in [0.4, 0.5) is 9.18 Å². The molecule has 1 amide bonds. The van der Waals surface area contributed by atoms with Crippen molar-refractivity contribution in [1.29, 1.82) is 0 Å². The molecule has 3 rings (SSSR count). The van der Waals surface area contributed by atoms with E-state index in [0.717, 1.165) is 45.2 Å². The van der Waals surface area contributed by atoms with E-state index in [2.05, 4.69) is 4.90 Å². The first-order chi connectivity index (χ1) is 12.5. The van der Waals surface area contributed by atoms with E-state index in [1.807, 2.05) is 0 Å². The van der Waals surface area contributed by atoms with Crippen molar-refractivity contribution in [1.82, 2.24) is 4.90 Å². The molecular formula is C20H27FN2O3. The molecule has 2 fully saturated rings. The summed E-state index contributed by atoms with van der Waals surface area (Å²) < 4.78 is 18.3. The summed E-state index contributed by atoms with van der Waals surface area (Å²) in [5.41, 5.74) is 5.79. The average molecular weight is 362 g/mol. The van der Waals surface area contributed by atoms with Crippen LogP contribution >= 0.6 is 0 Å². The molecule has 1 aliphatic heterocycles. The molecule has 0 radical (unpaired) electrons. The number of likely N-dealkylation sites (tertiary alicyclic amines) is 1. The molecule has 1 heterocycles. The van der Waals surface area contributed by atoms with Crippen molar-refractivity contribution in [2.24, 2.45) is 11.7 Å². The highest BCUT2D eigenvalue weighted by Gasteiger charge is 2.40. The van der Waals surface area contributed by atoms with Crippen molar-refractivity contribution >= 4 is 11.9 Å². The first-order valence-corrected chi connectivity index (χ1v) is 9.53. The smallest absolute Gasteiger partial charge is 0.404 e. The normalized spacial score (nSPS) is 26.1. The summed E-state index contributed by atoms with van der Waals surface area (Å²) in [5.74, 6) is 0.0703. The molecule has 0 bridgehead atoms. The number of halogens is 1. The Morgan fingerprint density at radius 3 is 2.62 bits per heavy atom. The molecule has 1 aromatic carbocycles. The van der Waals surface area contributed by atoms with Crippen LogP contribution in [0.2, 0.25) is 0 Å². The highest BCUT2D eigenvalue weighted by atomic mass is 19.1. The minimum absolute atomic E-state index is 0.0529. The Labute approximate surface area is 153 Å². The van der Waals surface area contributed by atoms with Gasteiger partial charge in [-0.3, -0.25) is 9.69 Å². The van der Waals surface area contributed by atoms with E-state index in [0.29, 0.717) is 23.9 Å². The highest BCUT2D eigenvalue weighted by Crippen LogP contribution is 2.37. The zero-order chi connectivity index (χ0) is 18.5. The third-order valence-electron chi connectivity index (χ3n) is 5.71. The number of hydrogen-bond donors (Lipinski definition) is 1.